The van der Waals surface area contributed by atoms with E-state index >= 15 is 0 Å². The van der Waals surface area contributed by atoms with Crippen molar-refractivity contribution in [3.8, 4) is 0 Å². The summed E-state index contributed by atoms with van der Waals surface area (Å²) in [4.78, 5) is 40.3. The van der Waals surface area contributed by atoms with Gasteiger partial charge in [0.05, 0.1) is 31.1 Å². The summed E-state index contributed by atoms with van der Waals surface area (Å²) in [5.41, 5.74) is -0.840. The van der Waals surface area contributed by atoms with Gasteiger partial charge in [0, 0.05) is 24.6 Å². The molecule has 2 saturated heterocycles. The van der Waals surface area contributed by atoms with Crippen molar-refractivity contribution in [2.24, 2.45) is 0 Å². The first-order valence-electron chi connectivity index (χ1n) is 9.05. The largest absolute Gasteiger partial charge is 0.376 e. The molecule has 152 valence electrons. The highest BCUT2D eigenvalue weighted by molar-refractivity contribution is 7.18. The molecule has 0 aliphatic carbocycles. The third-order valence-electron chi connectivity index (χ3n) is 5.17. The molecule has 0 aromatic carbocycles. The second kappa shape index (κ2) is 7.28. The van der Waals surface area contributed by atoms with Crippen molar-refractivity contribution < 1.29 is 18.3 Å². The number of nitrogens with one attached hydrogen (secondary N) is 1. The highest BCUT2D eigenvalue weighted by atomic mass is 32.1. The number of thiophene rings is 1. The van der Waals surface area contributed by atoms with Gasteiger partial charge in [0.2, 0.25) is 0 Å². The Morgan fingerprint density at radius 3 is 2.61 bits per heavy atom. The molecule has 2 fully saturated rings. The second-order valence-electron chi connectivity index (χ2n) is 6.97. The molecule has 0 spiro atoms. The molecule has 2 aliphatic rings. The zero-order valence-electron chi connectivity index (χ0n) is 15.2. The second-order valence-corrected chi connectivity index (χ2v) is 8.05. The summed E-state index contributed by atoms with van der Waals surface area (Å²) in [7, 11) is 0. The Bertz CT molecular complexity index is 1040. The molecule has 1 unspecified atom stereocenters. The normalized spacial score (nSPS) is 19.5. The third-order valence-corrected chi connectivity index (χ3v) is 6.47. The van der Waals surface area contributed by atoms with E-state index in [9.17, 15) is 23.2 Å². The number of ether oxygens (including phenoxy) is 1. The first kappa shape index (κ1) is 19.1. The van der Waals surface area contributed by atoms with Crippen molar-refractivity contribution in [3.05, 3.63) is 31.3 Å². The first-order valence-corrected chi connectivity index (χ1v) is 9.86. The standard InChI is InChI=1S/C17H20F2N4O4S/c1-9-11(7-21-4-3-20-16(21)25)28-15-13(9)14(24)22(8-12(18)19)17(26)23(15)6-10-2-5-27-10/h10,12H,2-8H2,1H3,(H,20,25). The highest BCUT2D eigenvalue weighted by Crippen LogP contribution is 2.30. The minimum absolute atomic E-state index is 0.173. The van der Waals surface area contributed by atoms with Gasteiger partial charge in [0.25, 0.3) is 12.0 Å². The van der Waals surface area contributed by atoms with E-state index in [-0.39, 0.29) is 24.1 Å². The van der Waals surface area contributed by atoms with Gasteiger partial charge in [-0.3, -0.25) is 13.9 Å². The fourth-order valence-electron chi connectivity index (χ4n) is 3.52. The number of fused-ring (bicyclic) bond motifs is 1. The van der Waals surface area contributed by atoms with Crippen LogP contribution in [0.1, 0.15) is 16.9 Å². The Morgan fingerprint density at radius 2 is 2.04 bits per heavy atom. The van der Waals surface area contributed by atoms with E-state index in [1.807, 2.05) is 0 Å². The molecule has 11 heteroatoms. The van der Waals surface area contributed by atoms with Crippen molar-refractivity contribution in [1.82, 2.24) is 19.4 Å². The van der Waals surface area contributed by atoms with E-state index in [0.717, 1.165) is 11.3 Å². The molecule has 2 aromatic heterocycles. The quantitative estimate of drug-likeness (QED) is 0.768. The molecule has 4 heterocycles. The van der Waals surface area contributed by atoms with Gasteiger partial charge < -0.3 is 15.0 Å². The van der Waals surface area contributed by atoms with Crippen LogP contribution >= 0.6 is 11.3 Å². The monoisotopic (exact) mass is 414 g/mol. The van der Waals surface area contributed by atoms with Crippen molar-refractivity contribution >= 4 is 27.6 Å². The van der Waals surface area contributed by atoms with E-state index in [4.69, 9.17) is 4.74 Å². The van der Waals surface area contributed by atoms with Crippen LogP contribution in [0.4, 0.5) is 13.6 Å². The Morgan fingerprint density at radius 1 is 1.29 bits per heavy atom. The number of carbonyl (C=O) groups is 1. The maximum Gasteiger partial charge on any atom is 0.332 e. The smallest absolute Gasteiger partial charge is 0.332 e. The van der Waals surface area contributed by atoms with Crippen LogP contribution in [0.15, 0.2) is 9.59 Å². The van der Waals surface area contributed by atoms with E-state index in [0.29, 0.717) is 41.2 Å². The Kier molecular flexibility index (Phi) is 4.96. The lowest BCUT2D eigenvalue weighted by Gasteiger charge is -2.27. The third kappa shape index (κ3) is 3.22. The number of hydrogen-bond acceptors (Lipinski definition) is 5. The number of aryl methyl sites for hydroxylation is 1. The SMILES string of the molecule is Cc1c(CN2CCNC2=O)sc2c1c(=O)n(CC(F)F)c(=O)n2CC1CCO1. The Labute approximate surface area is 162 Å². The van der Waals surface area contributed by atoms with Gasteiger partial charge in [0.15, 0.2) is 0 Å². The molecule has 0 bridgehead atoms. The van der Waals surface area contributed by atoms with Gasteiger partial charge in [-0.2, -0.15) is 0 Å². The van der Waals surface area contributed by atoms with Crippen LogP contribution in [0, 0.1) is 6.92 Å². The van der Waals surface area contributed by atoms with Crippen LogP contribution in [0.25, 0.3) is 10.2 Å². The van der Waals surface area contributed by atoms with Gasteiger partial charge >= 0.3 is 11.7 Å². The van der Waals surface area contributed by atoms with E-state index < -0.39 is 24.2 Å². The lowest BCUT2D eigenvalue weighted by atomic mass is 10.2. The number of hydrogen-bond donors (Lipinski definition) is 1. The van der Waals surface area contributed by atoms with Crippen LogP contribution in [-0.2, 0) is 24.4 Å². The van der Waals surface area contributed by atoms with Gasteiger partial charge in [-0.15, -0.1) is 11.3 Å². The summed E-state index contributed by atoms with van der Waals surface area (Å²) in [6.07, 6.45) is -2.22. The number of halogens is 2. The molecular weight excluding hydrogens is 394 g/mol. The van der Waals surface area contributed by atoms with E-state index in [2.05, 4.69) is 5.32 Å². The molecule has 4 rings (SSSR count). The number of nitrogens with zero attached hydrogens (tertiary/aromatic N) is 3. The summed E-state index contributed by atoms with van der Waals surface area (Å²) >= 11 is 1.26. The van der Waals surface area contributed by atoms with Crippen LogP contribution in [0.5, 0.6) is 0 Å². The molecule has 1 N–H and O–H groups in total. The molecule has 2 aliphatic heterocycles. The maximum absolute atomic E-state index is 13.0. The van der Waals surface area contributed by atoms with Gasteiger partial charge in [-0.05, 0) is 18.9 Å². The van der Waals surface area contributed by atoms with E-state index in [1.165, 1.54) is 15.9 Å². The van der Waals surface area contributed by atoms with Crippen molar-refractivity contribution in [1.29, 1.82) is 0 Å². The van der Waals surface area contributed by atoms with E-state index in [1.54, 1.807) is 11.8 Å². The summed E-state index contributed by atoms with van der Waals surface area (Å²) in [5, 5.41) is 2.98. The van der Waals surface area contributed by atoms with Gasteiger partial charge in [-0.25, -0.2) is 18.4 Å². The number of amides is 2. The summed E-state index contributed by atoms with van der Waals surface area (Å²) in [6.45, 7) is 2.99. The van der Waals surface area contributed by atoms with Gasteiger partial charge in [0.1, 0.15) is 4.83 Å². The summed E-state index contributed by atoms with van der Waals surface area (Å²) in [6, 6.07) is -0.188. The number of urea groups is 1. The van der Waals surface area contributed by atoms with Crippen molar-refractivity contribution in [2.75, 3.05) is 19.7 Å². The zero-order valence-corrected chi connectivity index (χ0v) is 16.1. The molecular formula is C17H20F2N4O4S. The molecule has 8 nitrogen and oxygen atoms in total. The first-order chi connectivity index (χ1) is 13.4. The summed E-state index contributed by atoms with van der Waals surface area (Å²) in [5.74, 6) is 0. The van der Waals surface area contributed by atoms with Crippen LogP contribution in [0.3, 0.4) is 0 Å². The van der Waals surface area contributed by atoms with Gasteiger partial charge in [-0.1, -0.05) is 0 Å². The fraction of sp³-hybridized carbons (Fsp3) is 0.588. The molecule has 1 atom stereocenters. The molecule has 2 amide bonds. The number of alkyl halides is 2. The molecule has 28 heavy (non-hydrogen) atoms. The lowest BCUT2D eigenvalue weighted by molar-refractivity contribution is -0.0593. The topological polar surface area (TPSA) is 85.6 Å². The van der Waals surface area contributed by atoms with Crippen molar-refractivity contribution in [2.45, 2.75) is 45.5 Å². The average Bonchev–Trinajstić information content (AvgIpc) is 3.14. The van der Waals surface area contributed by atoms with Crippen molar-refractivity contribution in [3.63, 3.8) is 0 Å². The number of carbonyl (C=O) groups excluding carboxylic acids is 1. The minimum atomic E-state index is -2.82. The van der Waals surface area contributed by atoms with Crippen LogP contribution < -0.4 is 16.6 Å². The predicted octanol–water partition coefficient (Wildman–Crippen LogP) is 1.11. The zero-order chi connectivity index (χ0) is 20.0. The Hall–Kier alpha value is -2.27. The lowest BCUT2D eigenvalue weighted by Crippen LogP contribution is -2.44. The maximum atomic E-state index is 13.0. The Balaban J connectivity index is 1.86. The summed E-state index contributed by atoms with van der Waals surface area (Å²) < 4.78 is 33.4. The number of rotatable bonds is 6. The predicted molar refractivity (Wildman–Crippen MR) is 99.3 cm³/mol. The van der Waals surface area contributed by atoms with Crippen LogP contribution in [-0.4, -0.2) is 52.3 Å². The fourth-order valence-corrected chi connectivity index (χ4v) is 4.83. The molecule has 0 radical (unpaired) electrons. The molecule has 2 aromatic rings. The van der Waals surface area contributed by atoms with Crippen LogP contribution in [0.2, 0.25) is 0 Å². The average molecular weight is 414 g/mol. The minimum Gasteiger partial charge on any atom is -0.376 e. The number of aromatic nitrogens is 2. The highest BCUT2D eigenvalue weighted by Gasteiger charge is 2.27. The molecule has 0 saturated carbocycles.